The zero-order valence-electron chi connectivity index (χ0n) is 13.2. The molecular formula is C17H20N4O2. The van der Waals surface area contributed by atoms with Crippen LogP contribution in [0, 0.1) is 18.3 Å². The average Bonchev–Trinajstić information content (AvgIpc) is 3.02. The highest BCUT2D eigenvalue weighted by Crippen LogP contribution is 2.25. The summed E-state index contributed by atoms with van der Waals surface area (Å²) in [5.41, 5.74) is 0.645. The second kappa shape index (κ2) is 7.25. The van der Waals surface area contributed by atoms with Gasteiger partial charge in [0.05, 0.1) is 17.6 Å². The highest BCUT2D eigenvalue weighted by atomic mass is 16.5. The summed E-state index contributed by atoms with van der Waals surface area (Å²) in [6.45, 7) is 5.34. The van der Waals surface area contributed by atoms with Crippen LogP contribution in [0.5, 0.6) is 5.75 Å². The monoisotopic (exact) mass is 312 g/mol. The van der Waals surface area contributed by atoms with E-state index in [1.54, 1.807) is 12.1 Å². The molecule has 120 valence electrons. The number of hydrogen-bond acceptors (Lipinski definition) is 6. The Bertz CT molecular complexity index is 675. The molecular weight excluding hydrogens is 292 g/mol. The van der Waals surface area contributed by atoms with E-state index in [1.165, 1.54) is 0 Å². The van der Waals surface area contributed by atoms with Gasteiger partial charge < -0.3 is 9.26 Å². The van der Waals surface area contributed by atoms with E-state index in [1.807, 2.05) is 19.1 Å². The number of aryl methyl sites for hydroxylation is 1. The molecule has 2 aromatic rings. The number of rotatable bonds is 5. The predicted octanol–water partition coefficient (Wildman–Crippen LogP) is 2.51. The van der Waals surface area contributed by atoms with Crippen molar-refractivity contribution in [3.63, 3.8) is 0 Å². The van der Waals surface area contributed by atoms with E-state index < -0.39 is 0 Å². The van der Waals surface area contributed by atoms with Crippen molar-refractivity contribution in [2.24, 2.45) is 0 Å². The second-order valence-electron chi connectivity index (χ2n) is 5.80. The lowest BCUT2D eigenvalue weighted by Crippen LogP contribution is -2.37. The third-order valence-electron chi connectivity index (χ3n) is 4.06. The summed E-state index contributed by atoms with van der Waals surface area (Å²) in [4.78, 5) is 6.72. The van der Waals surface area contributed by atoms with Crippen molar-refractivity contribution in [2.45, 2.75) is 25.7 Å². The number of ether oxygens (including phenoxy) is 1. The van der Waals surface area contributed by atoms with Crippen LogP contribution < -0.4 is 4.74 Å². The molecule has 1 atom stereocenters. The van der Waals surface area contributed by atoms with Crippen molar-refractivity contribution in [3.05, 3.63) is 41.5 Å². The van der Waals surface area contributed by atoms with Gasteiger partial charge in [-0.2, -0.15) is 10.2 Å². The SMILES string of the molecule is Cc1noc([C@H]2CCCN(CCOc3ccc(C#N)cc3)C2)n1. The summed E-state index contributed by atoms with van der Waals surface area (Å²) in [6.07, 6.45) is 2.22. The molecule has 0 saturated carbocycles. The fourth-order valence-electron chi connectivity index (χ4n) is 2.86. The summed E-state index contributed by atoms with van der Waals surface area (Å²) >= 11 is 0. The van der Waals surface area contributed by atoms with Gasteiger partial charge in [0, 0.05) is 13.1 Å². The molecule has 0 amide bonds. The number of aromatic nitrogens is 2. The molecule has 0 spiro atoms. The van der Waals surface area contributed by atoms with Crippen molar-refractivity contribution >= 4 is 0 Å². The third kappa shape index (κ3) is 4.08. The zero-order chi connectivity index (χ0) is 16.1. The van der Waals surface area contributed by atoms with Gasteiger partial charge in [-0.1, -0.05) is 5.16 Å². The molecule has 0 unspecified atom stereocenters. The Morgan fingerprint density at radius 2 is 2.22 bits per heavy atom. The third-order valence-corrected chi connectivity index (χ3v) is 4.06. The van der Waals surface area contributed by atoms with Gasteiger partial charge in [-0.3, -0.25) is 4.90 Å². The molecule has 0 aliphatic carbocycles. The Kier molecular flexibility index (Phi) is 4.89. The number of piperidine rings is 1. The smallest absolute Gasteiger partial charge is 0.231 e. The van der Waals surface area contributed by atoms with E-state index in [0.717, 1.165) is 44.1 Å². The summed E-state index contributed by atoms with van der Waals surface area (Å²) in [5.74, 6) is 2.56. The molecule has 0 radical (unpaired) electrons. The Morgan fingerprint density at radius 1 is 1.39 bits per heavy atom. The van der Waals surface area contributed by atoms with Crippen molar-refractivity contribution in [3.8, 4) is 11.8 Å². The maximum absolute atomic E-state index is 8.78. The Labute approximate surface area is 135 Å². The number of likely N-dealkylation sites (tertiary alicyclic amines) is 1. The van der Waals surface area contributed by atoms with Gasteiger partial charge in [0.25, 0.3) is 0 Å². The van der Waals surface area contributed by atoms with E-state index in [2.05, 4.69) is 21.1 Å². The zero-order valence-corrected chi connectivity index (χ0v) is 13.2. The summed E-state index contributed by atoms with van der Waals surface area (Å²) in [6, 6.07) is 9.30. The molecule has 0 bridgehead atoms. The molecule has 1 aliphatic rings. The first-order chi connectivity index (χ1) is 11.2. The number of benzene rings is 1. The molecule has 1 saturated heterocycles. The standard InChI is InChI=1S/C17H20N4O2/c1-13-19-17(23-20-13)15-3-2-8-21(12-15)9-10-22-16-6-4-14(11-18)5-7-16/h4-7,15H,2-3,8-10,12H2,1H3/t15-/m0/s1. The van der Waals surface area contributed by atoms with Crippen LogP contribution in [-0.4, -0.2) is 41.3 Å². The topological polar surface area (TPSA) is 75.2 Å². The first-order valence-electron chi connectivity index (χ1n) is 7.90. The molecule has 1 aromatic heterocycles. The normalized spacial score (nSPS) is 18.5. The lowest BCUT2D eigenvalue weighted by atomic mass is 9.98. The molecule has 1 fully saturated rings. The van der Waals surface area contributed by atoms with Crippen LogP contribution in [0.2, 0.25) is 0 Å². The maximum atomic E-state index is 8.78. The first-order valence-corrected chi connectivity index (χ1v) is 7.90. The van der Waals surface area contributed by atoms with Crippen LogP contribution >= 0.6 is 0 Å². The van der Waals surface area contributed by atoms with Gasteiger partial charge in [0.15, 0.2) is 5.82 Å². The Hall–Kier alpha value is -2.39. The molecule has 3 rings (SSSR count). The fraction of sp³-hybridized carbons (Fsp3) is 0.471. The Balaban J connectivity index is 1.47. The first kappa shape index (κ1) is 15.5. The number of hydrogen-bond donors (Lipinski definition) is 0. The number of nitrogens with zero attached hydrogens (tertiary/aromatic N) is 4. The fourth-order valence-corrected chi connectivity index (χ4v) is 2.86. The minimum absolute atomic E-state index is 0.319. The van der Waals surface area contributed by atoms with Crippen LogP contribution in [0.15, 0.2) is 28.8 Å². The number of nitriles is 1. The molecule has 2 heterocycles. The van der Waals surface area contributed by atoms with E-state index in [9.17, 15) is 0 Å². The molecule has 6 nitrogen and oxygen atoms in total. The van der Waals surface area contributed by atoms with Crippen LogP contribution in [0.25, 0.3) is 0 Å². The van der Waals surface area contributed by atoms with Crippen molar-refractivity contribution < 1.29 is 9.26 Å². The van der Waals surface area contributed by atoms with Crippen LogP contribution in [0.1, 0.15) is 36.0 Å². The van der Waals surface area contributed by atoms with Gasteiger partial charge in [-0.15, -0.1) is 0 Å². The van der Waals surface area contributed by atoms with Crippen LogP contribution in [0.3, 0.4) is 0 Å². The minimum atomic E-state index is 0.319. The van der Waals surface area contributed by atoms with Crippen molar-refractivity contribution in [1.29, 1.82) is 5.26 Å². The van der Waals surface area contributed by atoms with Crippen LogP contribution in [0.4, 0.5) is 0 Å². The lowest BCUT2D eigenvalue weighted by molar-refractivity contribution is 0.157. The van der Waals surface area contributed by atoms with Gasteiger partial charge in [-0.25, -0.2) is 0 Å². The molecule has 1 aliphatic heterocycles. The van der Waals surface area contributed by atoms with E-state index in [4.69, 9.17) is 14.5 Å². The van der Waals surface area contributed by atoms with Gasteiger partial charge in [0.2, 0.25) is 5.89 Å². The van der Waals surface area contributed by atoms with Gasteiger partial charge in [-0.05, 0) is 50.6 Å². The molecule has 6 heteroatoms. The quantitative estimate of drug-likeness (QED) is 0.844. The molecule has 1 aromatic carbocycles. The minimum Gasteiger partial charge on any atom is -0.492 e. The summed E-state index contributed by atoms with van der Waals surface area (Å²) in [5, 5.41) is 12.7. The van der Waals surface area contributed by atoms with Crippen molar-refractivity contribution in [2.75, 3.05) is 26.2 Å². The maximum Gasteiger partial charge on any atom is 0.231 e. The Morgan fingerprint density at radius 3 is 2.91 bits per heavy atom. The van der Waals surface area contributed by atoms with E-state index >= 15 is 0 Å². The van der Waals surface area contributed by atoms with Crippen molar-refractivity contribution in [1.82, 2.24) is 15.0 Å². The summed E-state index contributed by atoms with van der Waals surface area (Å²) in [7, 11) is 0. The molecule has 23 heavy (non-hydrogen) atoms. The average molecular weight is 312 g/mol. The van der Waals surface area contributed by atoms with Gasteiger partial charge >= 0.3 is 0 Å². The van der Waals surface area contributed by atoms with E-state index in [0.29, 0.717) is 23.9 Å². The highest BCUT2D eigenvalue weighted by molar-refractivity contribution is 5.34. The lowest BCUT2D eigenvalue weighted by Gasteiger charge is -2.30. The predicted molar refractivity (Wildman–Crippen MR) is 84.1 cm³/mol. The summed E-state index contributed by atoms with van der Waals surface area (Å²) < 4.78 is 11.1. The van der Waals surface area contributed by atoms with Crippen LogP contribution in [-0.2, 0) is 0 Å². The van der Waals surface area contributed by atoms with E-state index in [-0.39, 0.29) is 0 Å². The van der Waals surface area contributed by atoms with Gasteiger partial charge in [0.1, 0.15) is 12.4 Å². The largest absolute Gasteiger partial charge is 0.492 e. The second-order valence-corrected chi connectivity index (χ2v) is 5.80. The molecule has 0 N–H and O–H groups in total. The highest BCUT2D eigenvalue weighted by Gasteiger charge is 2.25.